The quantitative estimate of drug-likeness (QED) is 0.327. The van der Waals surface area contributed by atoms with Gasteiger partial charge in [0.2, 0.25) is 5.96 Å². The van der Waals surface area contributed by atoms with Gasteiger partial charge in [-0.3, -0.25) is 5.32 Å². The zero-order valence-corrected chi connectivity index (χ0v) is 12.8. The predicted molar refractivity (Wildman–Crippen MR) is 78.0 cm³/mol. The lowest BCUT2D eigenvalue weighted by molar-refractivity contribution is -0.137. The first-order chi connectivity index (χ1) is 9.65. The molecule has 11 heteroatoms. The van der Waals surface area contributed by atoms with Crippen molar-refractivity contribution in [1.29, 1.82) is 0 Å². The number of guanidine groups is 1. The molecule has 1 aromatic carbocycles. The number of amides is 1. The van der Waals surface area contributed by atoms with Crippen LogP contribution in [0.5, 0.6) is 0 Å². The molecule has 1 aromatic rings. The summed E-state index contributed by atoms with van der Waals surface area (Å²) < 4.78 is 37.9. The van der Waals surface area contributed by atoms with Gasteiger partial charge in [0.1, 0.15) is 0 Å². The fourth-order valence-corrected chi connectivity index (χ4v) is 1.70. The summed E-state index contributed by atoms with van der Waals surface area (Å²) in [5.41, 5.74) is -0.699. The summed E-state index contributed by atoms with van der Waals surface area (Å²) in [7, 11) is 1.40. The molecule has 124 valence electrons. The Balaban J connectivity index is 0.00000441. The van der Waals surface area contributed by atoms with E-state index < -0.39 is 17.8 Å². The molecule has 0 aliphatic heterocycles. The van der Waals surface area contributed by atoms with Crippen LogP contribution in [-0.2, 0) is 12.7 Å². The first-order valence-electron chi connectivity index (χ1n) is 5.49. The van der Waals surface area contributed by atoms with Crippen LogP contribution in [0.4, 0.5) is 18.0 Å². The van der Waals surface area contributed by atoms with E-state index in [1.54, 1.807) is 0 Å². The second-order valence-corrected chi connectivity index (χ2v) is 4.45. The highest BCUT2D eigenvalue weighted by Crippen LogP contribution is 2.32. The van der Waals surface area contributed by atoms with Crippen molar-refractivity contribution in [3.05, 3.63) is 34.3 Å². The molecule has 0 spiro atoms. The minimum atomic E-state index is -4.50. The average molecular weight is 361 g/mol. The van der Waals surface area contributed by atoms with Crippen molar-refractivity contribution in [2.45, 2.75) is 12.7 Å². The molecule has 1 amide bonds. The lowest BCUT2D eigenvalue weighted by atomic mass is 10.1. The minimum absolute atomic E-state index is 0. The van der Waals surface area contributed by atoms with Crippen molar-refractivity contribution >= 4 is 36.1 Å². The Kier molecular flexibility index (Phi) is 7.27. The monoisotopic (exact) mass is 360 g/mol. The van der Waals surface area contributed by atoms with Gasteiger partial charge in [-0.15, -0.1) is 17.5 Å². The van der Waals surface area contributed by atoms with Crippen molar-refractivity contribution < 1.29 is 23.1 Å². The van der Waals surface area contributed by atoms with E-state index in [1.165, 1.54) is 11.9 Å². The topological polar surface area (TPSA) is 91.0 Å². The van der Waals surface area contributed by atoms with Gasteiger partial charge in [0.25, 0.3) is 0 Å². The highest BCUT2D eigenvalue weighted by molar-refractivity contribution is 6.31. The van der Waals surface area contributed by atoms with Crippen LogP contribution >= 0.6 is 24.0 Å². The molecule has 0 aromatic heterocycles. The number of hydrogen-bond donors (Lipinski definition) is 3. The van der Waals surface area contributed by atoms with Crippen LogP contribution in [0.1, 0.15) is 11.1 Å². The maximum atomic E-state index is 12.6. The Hall–Kier alpha value is -1.87. The van der Waals surface area contributed by atoms with Crippen molar-refractivity contribution in [3.63, 3.8) is 0 Å². The Labute approximate surface area is 135 Å². The van der Waals surface area contributed by atoms with Gasteiger partial charge in [-0.25, -0.2) is 4.79 Å². The molecule has 0 atom stereocenters. The number of hydrazone groups is 1. The Morgan fingerprint density at radius 1 is 1.50 bits per heavy atom. The highest BCUT2D eigenvalue weighted by Gasteiger charge is 2.31. The second-order valence-electron chi connectivity index (χ2n) is 4.04. The van der Waals surface area contributed by atoms with Crippen molar-refractivity contribution in [3.8, 4) is 0 Å². The van der Waals surface area contributed by atoms with Crippen LogP contribution < -0.4 is 11.2 Å². The first-order valence-corrected chi connectivity index (χ1v) is 5.87. The molecule has 0 aliphatic carbocycles. The van der Waals surface area contributed by atoms with E-state index in [9.17, 15) is 18.0 Å². The number of hydrogen-bond acceptors (Lipinski definition) is 3. The maximum absolute atomic E-state index is 12.6. The third-order valence-corrected chi connectivity index (χ3v) is 2.85. The van der Waals surface area contributed by atoms with Crippen molar-refractivity contribution in [2.24, 2.45) is 10.9 Å². The van der Waals surface area contributed by atoms with Gasteiger partial charge >= 0.3 is 12.3 Å². The van der Waals surface area contributed by atoms with Gasteiger partial charge < -0.3 is 15.8 Å². The summed E-state index contributed by atoms with van der Waals surface area (Å²) in [5, 5.41) is 13.8. The number of carbonyl (C=O) groups is 1. The van der Waals surface area contributed by atoms with Gasteiger partial charge in [0.15, 0.2) is 0 Å². The van der Waals surface area contributed by atoms with E-state index in [1.807, 2.05) is 5.32 Å². The van der Waals surface area contributed by atoms with Crippen molar-refractivity contribution in [2.75, 3.05) is 7.05 Å². The van der Waals surface area contributed by atoms with E-state index in [0.29, 0.717) is 0 Å². The first kappa shape index (κ1) is 20.1. The molecule has 4 N–H and O–H groups in total. The molecule has 0 bridgehead atoms. The van der Waals surface area contributed by atoms with Gasteiger partial charge in [0.05, 0.1) is 5.56 Å². The molecule has 0 unspecified atom stereocenters. The molecule has 0 saturated heterocycles. The summed E-state index contributed by atoms with van der Waals surface area (Å²) in [6.45, 7) is -0.112. The van der Waals surface area contributed by atoms with E-state index in [2.05, 4.69) is 5.10 Å². The predicted octanol–water partition coefficient (Wildman–Crippen LogP) is 2.71. The molecule has 6 nitrogen and oxygen atoms in total. The number of alkyl halides is 3. The smallest absolute Gasteiger partial charge is 0.416 e. The molecular formula is C11H13Cl2F3N4O2. The Morgan fingerprint density at radius 3 is 2.55 bits per heavy atom. The molecule has 0 radical (unpaired) electrons. The molecule has 0 saturated carbocycles. The summed E-state index contributed by atoms with van der Waals surface area (Å²) in [6, 6.07) is 2.87. The summed E-state index contributed by atoms with van der Waals surface area (Å²) in [4.78, 5) is 11.7. The fourth-order valence-electron chi connectivity index (χ4n) is 1.52. The number of nitrogens with one attached hydrogen (secondary N) is 1. The van der Waals surface area contributed by atoms with Crippen LogP contribution in [0.25, 0.3) is 0 Å². The molecule has 0 aliphatic rings. The van der Waals surface area contributed by atoms with E-state index >= 15 is 0 Å². The summed E-state index contributed by atoms with van der Waals surface area (Å²) >= 11 is 5.84. The number of halogens is 5. The lowest BCUT2D eigenvalue weighted by Crippen LogP contribution is -2.41. The molecule has 0 heterocycles. The lowest BCUT2D eigenvalue weighted by Gasteiger charge is -2.21. The van der Waals surface area contributed by atoms with Crippen molar-refractivity contribution in [1.82, 2.24) is 10.2 Å². The number of nitrogens with two attached hydrogens (primary N) is 1. The SMILES string of the molecule is CN(Cc1cc(C(F)(F)F)ccc1Cl)C(=NN)NC(=O)O.Cl. The molecule has 1 rings (SSSR count). The van der Waals surface area contributed by atoms with Gasteiger partial charge in [-0.05, 0) is 23.8 Å². The van der Waals surface area contributed by atoms with Crippen LogP contribution in [0.2, 0.25) is 5.02 Å². The van der Waals surface area contributed by atoms with Crippen LogP contribution in [-0.4, -0.2) is 29.1 Å². The maximum Gasteiger partial charge on any atom is 0.416 e. The van der Waals surface area contributed by atoms with Crippen LogP contribution in [0, 0.1) is 0 Å². The van der Waals surface area contributed by atoms with Gasteiger partial charge in [0, 0.05) is 18.6 Å². The third kappa shape index (κ3) is 5.49. The Morgan fingerprint density at radius 2 is 2.09 bits per heavy atom. The number of benzene rings is 1. The second kappa shape index (κ2) is 7.95. The number of carboxylic acid groups (broad SMARTS) is 1. The molecule has 22 heavy (non-hydrogen) atoms. The molecular weight excluding hydrogens is 348 g/mol. The standard InChI is InChI=1S/C11H12ClF3N4O2.ClH/c1-19(9(18-16)17-10(20)21)5-6-4-7(11(13,14)15)2-3-8(6)12;/h2-4H,5,16H2,1H3,(H,17,18)(H,20,21);1H. The average Bonchev–Trinajstić information content (AvgIpc) is 2.36. The summed E-state index contributed by atoms with van der Waals surface area (Å²) in [5.74, 6) is 4.79. The third-order valence-electron chi connectivity index (χ3n) is 2.48. The highest BCUT2D eigenvalue weighted by atomic mass is 35.5. The zero-order valence-electron chi connectivity index (χ0n) is 11.2. The molecule has 0 fully saturated rings. The van der Waals surface area contributed by atoms with Crippen LogP contribution in [0.3, 0.4) is 0 Å². The van der Waals surface area contributed by atoms with Crippen LogP contribution in [0.15, 0.2) is 23.3 Å². The van der Waals surface area contributed by atoms with Gasteiger partial charge in [-0.2, -0.15) is 13.2 Å². The largest absolute Gasteiger partial charge is 0.465 e. The van der Waals surface area contributed by atoms with E-state index in [-0.39, 0.29) is 35.5 Å². The normalized spacial score (nSPS) is 11.6. The van der Waals surface area contributed by atoms with E-state index in [4.69, 9.17) is 22.6 Å². The Bertz CT molecular complexity index is 567. The fraction of sp³-hybridized carbons (Fsp3) is 0.273. The zero-order chi connectivity index (χ0) is 16.2. The minimum Gasteiger partial charge on any atom is -0.465 e. The number of nitrogens with zero attached hydrogens (tertiary/aromatic N) is 2. The number of rotatable bonds is 2. The summed E-state index contributed by atoms with van der Waals surface area (Å²) in [6.07, 6.45) is -5.90. The van der Waals surface area contributed by atoms with E-state index in [0.717, 1.165) is 18.2 Å². The van der Waals surface area contributed by atoms with Gasteiger partial charge in [-0.1, -0.05) is 11.6 Å².